The van der Waals surface area contributed by atoms with Crippen molar-refractivity contribution >= 4 is 49.2 Å². The van der Waals surface area contributed by atoms with Gasteiger partial charge in [0.05, 0.1) is 5.69 Å². The van der Waals surface area contributed by atoms with Gasteiger partial charge in [0.15, 0.2) is 23.3 Å². The third-order valence-corrected chi connectivity index (χ3v) is 3.69. The zero-order valence-corrected chi connectivity index (χ0v) is 12.9. The van der Waals surface area contributed by atoms with Crippen LogP contribution in [0.4, 0.5) is 26.1 Å². The lowest BCUT2D eigenvalue weighted by molar-refractivity contribution is 0.580. The van der Waals surface area contributed by atoms with Gasteiger partial charge in [-0.2, -0.15) is 0 Å². The van der Waals surface area contributed by atoms with Crippen LogP contribution in [0.2, 0.25) is 0 Å². The first kappa shape index (κ1) is 14.2. The highest BCUT2D eigenvalue weighted by molar-refractivity contribution is 9.11. The smallest absolute Gasteiger partial charge is 0.169 e. The Morgan fingerprint density at radius 1 is 1.05 bits per heavy atom. The molecule has 0 spiro atoms. The molecule has 2 rings (SSSR count). The molecular formula is C12H9Br2F2N3. The Hall–Kier alpha value is -1.21. The molecule has 0 radical (unpaired) electrons. The molecule has 2 N–H and O–H groups in total. The fraction of sp³-hybridized carbons (Fsp3) is 0.0833. The number of hydrogen-bond acceptors (Lipinski definition) is 3. The molecule has 3 nitrogen and oxygen atoms in total. The van der Waals surface area contributed by atoms with Crippen molar-refractivity contribution < 1.29 is 8.78 Å². The molecule has 0 unspecified atom stereocenters. The number of benzene rings is 1. The number of pyridine rings is 1. The first-order valence-electron chi connectivity index (χ1n) is 5.27. The molecule has 1 aromatic heterocycles. The molecule has 7 heteroatoms. The van der Waals surface area contributed by atoms with Crippen molar-refractivity contribution in [2.75, 3.05) is 17.7 Å². The van der Waals surface area contributed by atoms with Gasteiger partial charge in [0.25, 0.3) is 0 Å². The molecule has 19 heavy (non-hydrogen) atoms. The van der Waals surface area contributed by atoms with E-state index in [9.17, 15) is 8.78 Å². The number of nitrogens with one attached hydrogen (secondary N) is 2. The summed E-state index contributed by atoms with van der Waals surface area (Å²) in [5.74, 6) is -1.58. The lowest BCUT2D eigenvalue weighted by Crippen LogP contribution is -2.04. The van der Waals surface area contributed by atoms with Crippen molar-refractivity contribution in [2.45, 2.75) is 0 Å². The Labute approximate surface area is 125 Å². The SMILES string of the molecule is CNc1nc(Nc2c(Br)cccc2Br)c(F)cc1F. The normalized spacial score (nSPS) is 10.4. The average molecular weight is 393 g/mol. The van der Waals surface area contributed by atoms with Gasteiger partial charge in [-0.05, 0) is 44.0 Å². The van der Waals surface area contributed by atoms with Crippen LogP contribution in [0.1, 0.15) is 0 Å². The first-order chi connectivity index (χ1) is 9.02. The Morgan fingerprint density at radius 3 is 2.21 bits per heavy atom. The van der Waals surface area contributed by atoms with E-state index < -0.39 is 11.6 Å². The second-order valence-corrected chi connectivity index (χ2v) is 5.33. The Balaban J connectivity index is 2.44. The van der Waals surface area contributed by atoms with Crippen molar-refractivity contribution in [3.05, 3.63) is 44.8 Å². The largest absolute Gasteiger partial charge is 0.371 e. The summed E-state index contributed by atoms with van der Waals surface area (Å²) in [6.45, 7) is 0. The van der Waals surface area contributed by atoms with E-state index in [1.807, 2.05) is 6.07 Å². The van der Waals surface area contributed by atoms with Crippen LogP contribution in [0.15, 0.2) is 33.2 Å². The molecule has 0 bridgehead atoms. The molecule has 2 aromatic rings. The van der Waals surface area contributed by atoms with Crippen LogP contribution < -0.4 is 10.6 Å². The second-order valence-electron chi connectivity index (χ2n) is 3.62. The predicted molar refractivity (Wildman–Crippen MR) is 78.8 cm³/mol. The van der Waals surface area contributed by atoms with Crippen molar-refractivity contribution in [1.82, 2.24) is 4.98 Å². The summed E-state index contributed by atoms with van der Waals surface area (Å²) in [6, 6.07) is 6.21. The summed E-state index contributed by atoms with van der Waals surface area (Å²) in [5, 5.41) is 5.39. The van der Waals surface area contributed by atoms with Crippen molar-refractivity contribution in [2.24, 2.45) is 0 Å². The van der Waals surface area contributed by atoms with Gasteiger partial charge >= 0.3 is 0 Å². The van der Waals surface area contributed by atoms with Crippen molar-refractivity contribution in [3.63, 3.8) is 0 Å². The Kier molecular flexibility index (Phi) is 4.36. The minimum atomic E-state index is -0.765. The van der Waals surface area contributed by atoms with Crippen LogP contribution in [-0.4, -0.2) is 12.0 Å². The van der Waals surface area contributed by atoms with E-state index in [0.29, 0.717) is 5.69 Å². The lowest BCUT2D eigenvalue weighted by atomic mass is 10.3. The van der Waals surface area contributed by atoms with Gasteiger partial charge in [0.1, 0.15) is 0 Å². The number of anilines is 3. The van der Waals surface area contributed by atoms with Gasteiger partial charge in [-0.25, -0.2) is 13.8 Å². The zero-order chi connectivity index (χ0) is 14.0. The average Bonchev–Trinajstić information content (AvgIpc) is 2.36. The molecule has 0 aliphatic rings. The molecular weight excluding hydrogens is 384 g/mol. The maximum absolute atomic E-state index is 13.7. The summed E-state index contributed by atoms with van der Waals surface area (Å²) in [4.78, 5) is 3.85. The minimum absolute atomic E-state index is 0.0212. The van der Waals surface area contributed by atoms with Gasteiger partial charge in [0, 0.05) is 22.1 Å². The van der Waals surface area contributed by atoms with Crippen LogP contribution in [-0.2, 0) is 0 Å². The summed E-state index contributed by atoms with van der Waals surface area (Å²) in [7, 11) is 1.52. The fourth-order valence-corrected chi connectivity index (χ4v) is 2.66. The molecule has 1 aromatic carbocycles. The first-order valence-corrected chi connectivity index (χ1v) is 6.86. The lowest BCUT2D eigenvalue weighted by Gasteiger charge is -2.12. The second kappa shape index (κ2) is 5.83. The third kappa shape index (κ3) is 3.03. The summed E-state index contributed by atoms with van der Waals surface area (Å²) < 4.78 is 28.5. The predicted octanol–water partition coefficient (Wildman–Crippen LogP) is 4.67. The molecule has 0 fully saturated rings. The molecule has 0 saturated heterocycles. The van der Waals surface area contributed by atoms with E-state index in [4.69, 9.17) is 0 Å². The molecule has 1 heterocycles. The number of nitrogens with zero attached hydrogens (tertiary/aromatic N) is 1. The number of hydrogen-bond donors (Lipinski definition) is 2. The standard InChI is InChI=1S/C12H9Br2F2N3/c1-17-11-8(15)5-9(16)12(19-11)18-10-6(13)3-2-4-7(10)14/h2-5H,1H3,(H2,17,18,19). The topological polar surface area (TPSA) is 37.0 Å². The number of aromatic nitrogens is 1. The summed E-state index contributed by atoms with van der Waals surface area (Å²) in [6.07, 6.45) is 0. The van der Waals surface area contributed by atoms with E-state index in [1.165, 1.54) is 7.05 Å². The van der Waals surface area contributed by atoms with Gasteiger partial charge in [-0.15, -0.1) is 0 Å². The third-order valence-electron chi connectivity index (χ3n) is 2.37. The highest BCUT2D eigenvalue weighted by atomic mass is 79.9. The fourth-order valence-electron chi connectivity index (χ4n) is 1.47. The Bertz CT molecular complexity index is 600. The van der Waals surface area contributed by atoms with Crippen LogP contribution in [0.5, 0.6) is 0 Å². The van der Waals surface area contributed by atoms with Crippen LogP contribution in [0.3, 0.4) is 0 Å². The van der Waals surface area contributed by atoms with Crippen LogP contribution in [0, 0.1) is 11.6 Å². The van der Waals surface area contributed by atoms with Crippen molar-refractivity contribution in [1.29, 1.82) is 0 Å². The summed E-state index contributed by atoms with van der Waals surface area (Å²) in [5.41, 5.74) is 0.613. The Morgan fingerprint density at radius 2 is 1.63 bits per heavy atom. The monoisotopic (exact) mass is 391 g/mol. The van der Waals surface area contributed by atoms with Gasteiger partial charge < -0.3 is 10.6 Å². The maximum Gasteiger partial charge on any atom is 0.169 e. The number of halogens is 4. The van der Waals surface area contributed by atoms with Crippen LogP contribution in [0.25, 0.3) is 0 Å². The highest BCUT2D eigenvalue weighted by Gasteiger charge is 2.13. The molecule has 0 atom stereocenters. The van der Waals surface area contributed by atoms with Gasteiger partial charge in [-0.1, -0.05) is 6.07 Å². The maximum atomic E-state index is 13.7. The van der Waals surface area contributed by atoms with E-state index in [-0.39, 0.29) is 11.6 Å². The van der Waals surface area contributed by atoms with E-state index >= 15 is 0 Å². The molecule has 0 amide bonds. The quantitative estimate of drug-likeness (QED) is 0.796. The summed E-state index contributed by atoms with van der Waals surface area (Å²) >= 11 is 6.69. The zero-order valence-electron chi connectivity index (χ0n) is 9.77. The molecule has 100 valence electrons. The molecule has 0 aliphatic carbocycles. The number of rotatable bonds is 3. The van der Waals surface area contributed by atoms with Crippen molar-refractivity contribution in [3.8, 4) is 0 Å². The highest BCUT2D eigenvalue weighted by Crippen LogP contribution is 2.33. The minimum Gasteiger partial charge on any atom is -0.371 e. The van der Waals surface area contributed by atoms with E-state index in [2.05, 4.69) is 47.5 Å². The van der Waals surface area contributed by atoms with E-state index in [1.54, 1.807) is 12.1 Å². The number of para-hydroxylation sites is 1. The van der Waals surface area contributed by atoms with Crippen LogP contribution >= 0.6 is 31.9 Å². The van der Waals surface area contributed by atoms with E-state index in [0.717, 1.165) is 15.0 Å². The van der Waals surface area contributed by atoms with Gasteiger partial charge in [0.2, 0.25) is 0 Å². The van der Waals surface area contributed by atoms with Gasteiger partial charge in [-0.3, -0.25) is 0 Å². The molecule has 0 aliphatic heterocycles. The molecule has 0 saturated carbocycles.